The summed E-state index contributed by atoms with van der Waals surface area (Å²) in [4.78, 5) is 25.4. The molecule has 0 aliphatic carbocycles. The lowest BCUT2D eigenvalue weighted by Crippen LogP contribution is -2.67. The lowest BCUT2D eigenvalue weighted by atomic mass is 9.97. The third-order valence-corrected chi connectivity index (χ3v) is 3.77. The fourth-order valence-corrected chi connectivity index (χ4v) is 2.41. The molecule has 1 N–H and O–H groups in total. The normalized spacial score (nSPS) is 25.6. The molecule has 0 bridgehead atoms. The largest absolute Gasteiger partial charge is 0.340 e. The highest BCUT2D eigenvalue weighted by Crippen LogP contribution is 2.17. The summed E-state index contributed by atoms with van der Waals surface area (Å²) in [5.41, 5.74) is -0.838. The van der Waals surface area contributed by atoms with E-state index in [0.717, 1.165) is 0 Å². The van der Waals surface area contributed by atoms with E-state index in [2.05, 4.69) is 5.32 Å². The number of nitrogens with one attached hydrogen (secondary N) is 1. The van der Waals surface area contributed by atoms with Crippen LogP contribution in [0.3, 0.4) is 0 Å². The Morgan fingerprint density at radius 1 is 1.41 bits per heavy atom. The van der Waals surface area contributed by atoms with Crippen molar-refractivity contribution in [1.82, 2.24) is 10.2 Å². The van der Waals surface area contributed by atoms with E-state index in [-0.39, 0.29) is 11.8 Å². The van der Waals surface area contributed by atoms with Crippen molar-refractivity contribution >= 4 is 22.6 Å². The molecule has 0 radical (unpaired) electrons. The van der Waals surface area contributed by atoms with Crippen LogP contribution in [0.2, 0.25) is 0 Å². The minimum atomic E-state index is -0.859. The second kappa shape index (κ2) is 5.16. The van der Waals surface area contributed by atoms with Gasteiger partial charge in [0, 0.05) is 29.4 Å². The van der Waals surface area contributed by atoms with Crippen molar-refractivity contribution < 1.29 is 13.8 Å². The smallest absolute Gasteiger partial charge is 0.248 e. The van der Waals surface area contributed by atoms with Crippen molar-refractivity contribution in [3.63, 3.8) is 0 Å². The molecule has 17 heavy (non-hydrogen) atoms. The van der Waals surface area contributed by atoms with Crippen molar-refractivity contribution in [2.24, 2.45) is 0 Å². The molecule has 0 aromatic rings. The van der Waals surface area contributed by atoms with Crippen LogP contribution in [0, 0.1) is 0 Å². The molecule has 1 rings (SSSR count). The number of piperazine rings is 1. The second-order valence-electron chi connectivity index (χ2n) is 4.92. The highest BCUT2D eigenvalue weighted by Gasteiger charge is 2.42. The van der Waals surface area contributed by atoms with Gasteiger partial charge in [0.2, 0.25) is 11.8 Å². The van der Waals surface area contributed by atoms with Crippen LogP contribution in [-0.2, 0) is 20.4 Å². The Bertz CT molecular complexity index is 355. The van der Waals surface area contributed by atoms with E-state index < -0.39 is 22.4 Å². The summed E-state index contributed by atoms with van der Waals surface area (Å²) < 4.78 is 11.0. The average Bonchev–Trinajstić information content (AvgIpc) is 2.19. The standard InChI is InChI=1S/C11H20N2O3S/c1-8-9(14)12-11(2,3)10(15)13(8)6-5-7-17(4)16/h8H,5-7H2,1-4H3,(H,12,14). The van der Waals surface area contributed by atoms with Gasteiger partial charge in [0.1, 0.15) is 11.6 Å². The van der Waals surface area contributed by atoms with Gasteiger partial charge in [-0.25, -0.2) is 0 Å². The lowest BCUT2D eigenvalue weighted by molar-refractivity contribution is -0.152. The molecule has 1 heterocycles. The highest BCUT2D eigenvalue weighted by atomic mass is 32.2. The zero-order valence-electron chi connectivity index (χ0n) is 10.8. The molecule has 0 aromatic carbocycles. The number of hydrogen-bond donors (Lipinski definition) is 1. The molecule has 1 saturated heterocycles. The van der Waals surface area contributed by atoms with Crippen molar-refractivity contribution in [1.29, 1.82) is 0 Å². The third-order valence-electron chi connectivity index (χ3n) is 2.91. The van der Waals surface area contributed by atoms with Gasteiger partial charge in [-0.05, 0) is 27.2 Å². The Morgan fingerprint density at radius 2 is 2.00 bits per heavy atom. The Morgan fingerprint density at radius 3 is 2.53 bits per heavy atom. The van der Waals surface area contributed by atoms with E-state index in [4.69, 9.17) is 0 Å². The van der Waals surface area contributed by atoms with E-state index in [0.29, 0.717) is 18.7 Å². The van der Waals surface area contributed by atoms with Gasteiger partial charge in [0.15, 0.2) is 0 Å². The van der Waals surface area contributed by atoms with Crippen molar-refractivity contribution in [3.05, 3.63) is 0 Å². The molecule has 1 fully saturated rings. The molecule has 2 atom stereocenters. The minimum Gasteiger partial charge on any atom is -0.340 e. The fourth-order valence-electron chi connectivity index (χ4n) is 1.88. The van der Waals surface area contributed by atoms with Crippen LogP contribution in [0.1, 0.15) is 27.2 Å². The first kappa shape index (κ1) is 14.2. The van der Waals surface area contributed by atoms with Crippen LogP contribution < -0.4 is 5.32 Å². The van der Waals surface area contributed by atoms with Crippen LogP contribution in [0.5, 0.6) is 0 Å². The average molecular weight is 260 g/mol. The maximum Gasteiger partial charge on any atom is 0.248 e. The molecule has 1 aliphatic rings. The number of amides is 2. The van der Waals surface area contributed by atoms with Gasteiger partial charge in [0.05, 0.1) is 0 Å². The fraction of sp³-hybridized carbons (Fsp3) is 0.818. The first-order valence-corrected chi connectivity index (χ1v) is 7.41. The van der Waals surface area contributed by atoms with E-state index in [1.807, 2.05) is 0 Å². The summed E-state index contributed by atoms with van der Waals surface area (Å²) in [5, 5.41) is 2.69. The molecule has 2 unspecified atom stereocenters. The highest BCUT2D eigenvalue weighted by molar-refractivity contribution is 7.84. The van der Waals surface area contributed by atoms with Gasteiger partial charge >= 0.3 is 0 Å². The SMILES string of the molecule is CC1C(=O)NC(C)(C)C(=O)N1CCCS(C)=O. The van der Waals surface area contributed by atoms with Crippen LogP contribution in [0.4, 0.5) is 0 Å². The second-order valence-corrected chi connectivity index (χ2v) is 6.47. The van der Waals surface area contributed by atoms with E-state index in [9.17, 15) is 13.8 Å². The molecule has 5 nitrogen and oxygen atoms in total. The number of carbonyl (C=O) groups excluding carboxylic acids is 2. The minimum absolute atomic E-state index is 0.0773. The maximum absolute atomic E-state index is 12.1. The molecule has 1 aliphatic heterocycles. The first-order valence-electron chi connectivity index (χ1n) is 5.69. The summed E-state index contributed by atoms with van der Waals surface area (Å²) in [6.45, 7) is 5.59. The molecular weight excluding hydrogens is 240 g/mol. The van der Waals surface area contributed by atoms with Crippen molar-refractivity contribution in [3.8, 4) is 0 Å². The topological polar surface area (TPSA) is 66.5 Å². The number of rotatable bonds is 4. The number of nitrogens with zero attached hydrogens (tertiary/aromatic N) is 1. The van der Waals surface area contributed by atoms with Gasteiger partial charge < -0.3 is 10.2 Å². The van der Waals surface area contributed by atoms with E-state index in [1.165, 1.54) is 0 Å². The summed E-state index contributed by atoms with van der Waals surface area (Å²) in [5.74, 6) is 0.345. The van der Waals surface area contributed by atoms with Gasteiger partial charge in [-0.3, -0.25) is 13.8 Å². The van der Waals surface area contributed by atoms with E-state index >= 15 is 0 Å². The first-order chi connectivity index (χ1) is 7.75. The molecule has 2 amide bonds. The van der Waals surface area contributed by atoms with Gasteiger partial charge in [-0.2, -0.15) is 0 Å². The summed E-state index contributed by atoms with van der Waals surface area (Å²) in [7, 11) is -0.859. The summed E-state index contributed by atoms with van der Waals surface area (Å²) in [6.07, 6.45) is 2.29. The predicted molar refractivity (Wildman–Crippen MR) is 66.9 cm³/mol. The monoisotopic (exact) mass is 260 g/mol. The third kappa shape index (κ3) is 3.28. The van der Waals surface area contributed by atoms with Gasteiger partial charge in [-0.1, -0.05) is 0 Å². The lowest BCUT2D eigenvalue weighted by Gasteiger charge is -2.41. The Balaban J connectivity index is 2.70. The summed E-state index contributed by atoms with van der Waals surface area (Å²) >= 11 is 0. The molecule has 0 saturated carbocycles. The quantitative estimate of drug-likeness (QED) is 0.766. The van der Waals surface area contributed by atoms with Gasteiger partial charge in [0.25, 0.3) is 0 Å². The van der Waals surface area contributed by atoms with Gasteiger partial charge in [-0.15, -0.1) is 0 Å². The molecule has 98 valence electrons. The predicted octanol–water partition coefficient (Wildman–Crippen LogP) is -0.120. The van der Waals surface area contributed by atoms with Crippen LogP contribution in [0.15, 0.2) is 0 Å². The zero-order valence-corrected chi connectivity index (χ0v) is 11.6. The molecule has 0 spiro atoms. The summed E-state index contributed by atoms with van der Waals surface area (Å²) in [6, 6.07) is -0.444. The molecule has 0 aromatic heterocycles. The molecular formula is C11H20N2O3S. The Hall–Kier alpha value is -0.910. The van der Waals surface area contributed by atoms with Crippen molar-refractivity contribution in [2.45, 2.75) is 38.8 Å². The van der Waals surface area contributed by atoms with Crippen LogP contribution >= 0.6 is 0 Å². The number of carbonyl (C=O) groups is 2. The number of hydrogen-bond acceptors (Lipinski definition) is 3. The van der Waals surface area contributed by atoms with E-state index in [1.54, 1.807) is 31.9 Å². The molecule has 6 heteroatoms. The maximum atomic E-state index is 12.1. The van der Waals surface area contributed by atoms with Crippen LogP contribution in [0.25, 0.3) is 0 Å². The Labute approximate surface area is 104 Å². The van der Waals surface area contributed by atoms with Crippen LogP contribution in [-0.4, -0.2) is 51.1 Å². The van der Waals surface area contributed by atoms with Crippen molar-refractivity contribution in [2.75, 3.05) is 18.6 Å². The Kier molecular flexibility index (Phi) is 4.30. The zero-order chi connectivity index (χ0) is 13.2.